The molecule has 0 bridgehead atoms. The van der Waals surface area contributed by atoms with Crippen LogP contribution < -0.4 is 0 Å². The second-order valence-corrected chi connectivity index (χ2v) is 4.71. The Labute approximate surface area is 110 Å². The summed E-state index contributed by atoms with van der Waals surface area (Å²) in [6, 6.07) is 9.77. The van der Waals surface area contributed by atoms with Gasteiger partial charge >= 0.3 is 5.97 Å². The van der Waals surface area contributed by atoms with E-state index in [2.05, 4.69) is 13.8 Å². The molecule has 2 heteroatoms. The number of hydrogen-bond donors (Lipinski definition) is 0. The maximum atomic E-state index is 11.8. The fourth-order valence-corrected chi connectivity index (χ4v) is 2.01. The summed E-state index contributed by atoms with van der Waals surface area (Å²) in [6.07, 6.45) is 5.79. The van der Waals surface area contributed by atoms with Crippen LogP contribution in [0.2, 0.25) is 0 Å². The molecular weight excluding hydrogens is 224 g/mol. The number of ether oxygens (including phenoxy) is 1. The molecule has 1 aromatic carbocycles. The van der Waals surface area contributed by atoms with Gasteiger partial charge in [-0.05, 0) is 18.4 Å². The second-order valence-electron chi connectivity index (χ2n) is 4.71. The predicted octanol–water partition coefficient (Wildman–Crippen LogP) is 4.13. The first-order chi connectivity index (χ1) is 8.76. The molecule has 1 atom stereocenters. The first kappa shape index (κ1) is 14.7. The van der Waals surface area contributed by atoms with Gasteiger partial charge in [0.2, 0.25) is 0 Å². The number of rotatable bonds is 8. The average Bonchev–Trinajstić information content (AvgIpc) is 2.37. The highest BCUT2D eigenvalue weighted by Crippen LogP contribution is 2.12. The highest BCUT2D eigenvalue weighted by atomic mass is 16.5. The van der Waals surface area contributed by atoms with Gasteiger partial charge in [0.25, 0.3) is 0 Å². The normalized spacial score (nSPS) is 12.1. The monoisotopic (exact) mass is 248 g/mol. The number of esters is 1. The van der Waals surface area contributed by atoms with Crippen LogP contribution in [0.3, 0.4) is 0 Å². The van der Waals surface area contributed by atoms with Crippen molar-refractivity contribution in [3.63, 3.8) is 0 Å². The molecule has 0 fully saturated rings. The molecule has 0 aliphatic heterocycles. The number of carbonyl (C=O) groups is 1. The van der Waals surface area contributed by atoms with Crippen molar-refractivity contribution in [1.29, 1.82) is 0 Å². The quantitative estimate of drug-likeness (QED) is 0.646. The second kappa shape index (κ2) is 8.73. The zero-order valence-corrected chi connectivity index (χ0v) is 11.5. The molecule has 0 aliphatic carbocycles. The molecule has 0 aliphatic rings. The van der Waals surface area contributed by atoms with Crippen LogP contribution in [-0.4, -0.2) is 12.1 Å². The van der Waals surface area contributed by atoms with Gasteiger partial charge in [-0.25, -0.2) is 0 Å². The van der Waals surface area contributed by atoms with E-state index >= 15 is 0 Å². The van der Waals surface area contributed by atoms with Crippen LogP contribution in [0.4, 0.5) is 0 Å². The third-order valence-corrected chi connectivity index (χ3v) is 2.98. The molecule has 0 aromatic heterocycles. The van der Waals surface area contributed by atoms with Crippen molar-refractivity contribution in [3.8, 4) is 0 Å². The molecule has 100 valence electrons. The Balaban J connectivity index is 2.40. The van der Waals surface area contributed by atoms with Gasteiger partial charge in [-0.2, -0.15) is 0 Å². The number of unbranched alkanes of at least 4 members (excludes halogenated alkanes) is 1. The minimum Gasteiger partial charge on any atom is -0.462 e. The maximum absolute atomic E-state index is 11.8. The van der Waals surface area contributed by atoms with Crippen LogP contribution >= 0.6 is 0 Å². The summed E-state index contributed by atoms with van der Waals surface area (Å²) in [5.41, 5.74) is 1.02. The Morgan fingerprint density at radius 1 is 1.11 bits per heavy atom. The molecule has 18 heavy (non-hydrogen) atoms. The predicted molar refractivity (Wildman–Crippen MR) is 74.5 cm³/mol. The zero-order chi connectivity index (χ0) is 13.2. The van der Waals surface area contributed by atoms with Crippen LogP contribution in [0.1, 0.15) is 51.5 Å². The van der Waals surface area contributed by atoms with Crippen LogP contribution in [0.5, 0.6) is 0 Å². The van der Waals surface area contributed by atoms with E-state index in [-0.39, 0.29) is 12.1 Å². The fourth-order valence-electron chi connectivity index (χ4n) is 2.01. The molecular formula is C16H24O2. The molecule has 0 N–H and O–H groups in total. The van der Waals surface area contributed by atoms with Crippen LogP contribution in [0.15, 0.2) is 30.3 Å². The molecule has 0 saturated carbocycles. The van der Waals surface area contributed by atoms with E-state index in [9.17, 15) is 4.79 Å². The number of benzene rings is 1. The van der Waals surface area contributed by atoms with Gasteiger partial charge in [0.15, 0.2) is 0 Å². The van der Waals surface area contributed by atoms with E-state index in [4.69, 9.17) is 4.74 Å². The Morgan fingerprint density at radius 3 is 2.44 bits per heavy atom. The first-order valence-corrected chi connectivity index (χ1v) is 6.99. The lowest BCUT2D eigenvalue weighted by Crippen LogP contribution is -2.19. The lowest BCUT2D eigenvalue weighted by atomic mass is 10.1. The lowest BCUT2D eigenvalue weighted by molar-refractivity contribution is -0.149. The van der Waals surface area contributed by atoms with Gasteiger partial charge in [0.05, 0.1) is 6.42 Å². The van der Waals surface area contributed by atoms with E-state index < -0.39 is 0 Å². The molecule has 0 radical (unpaired) electrons. The average molecular weight is 248 g/mol. The van der Waals surface area contributed by atoms with Crippen molar-refractivity contribution >= 4 is 5.97 Å². The third-order valence-electron chi connectivity index (χ3n) is 2.98. The van der Waals surface area contributed by atoms with Crippen molar-refractivity contribution in [2.75, 3.05) is 0 Å². The van der Waals surface area contributed by atoms with Crippen LogP contribution in [-0.2, 0) is 16.0 Å². The minimum absolute atomic E-state index is 0.101. The van der Waals surface area contributed by atoms with Gasteiger partial charge in [-0.3, -0.25) is 4.79 Å². The molecule has 1 aromatic rings. The summed E-state index contributed by atoms with van der Waals surface area (Å²) in [5.74, 6) is -0.101. The van der Waals surface area contributed by atoms with Crippen molar-refractivity contribution in [3.05, 3.63) is 35.9 Å². The molecule has 0 amide bonds. The minimum atomic E-state index is -0.101. The Bertz CT molecular complexity index is 332. The van der Waals surface area contributed by atoms with E-state index in [0.717, 1.165) is 37.7 Å². The topological polar surface area (TPSA) is 26.3 Å². The summed E-state index contributed by atoms with van der Waals surface area (Å²) in [5, 5.41) is 0. The molecule has 1 unspecified atom stereocenters. The van der Waals surface area contributed by atoms with Crippen LogP contribution in [0, 0.1) is 0 Å². The Kier molecular flexibility index (Phi) is 7.16. The van der Waals surface area contributed by atoms with E-state index in [1.165, 1.54) is 0 Å². The van der Waals surface area contributed by atoms with Gasteiger partial charge in [0.1, 0.15) is 6.10 Å². The number of carbonyl (C=O) groups excluding carboxylic acids is 1. The summed E-state index contributed by atoms with van der Waals surface area (Å²) >= 11 is 0. The van der Waals surface area contributed by atoms with Gasteiger partial charge in [-0.15, -0.1) is 0 Å². The zero-order valence-electron chi connectivity index (χ0n) is 11.5. The largest absolute Gasteiger partial charge is 0.462 e. The smallest absolute Gasteiger partial charge is 0.310 e. The van der Waals surface area contributed by atoms with Crippen LogP contribution in [0.25, 0.3) is 0 Å². The summed E-state index contributed by atoms with van der Waals surface area (Å²) in [4.78, 5) is 11.8. The molecule has 1 rings (SSSR count). The Morgan fingerprint density at radius 2 is 1.83 bits per heavy atom. The lowest BCUT2D eigenvalue weighted by Gasteiger charge is -2.17. The molecule has 0 saturated heterocycles. The molecule has 2 nitrogen and oxygen atoms in total. The summed E-state index contributed by atoms with van der Waals surface area (Å²) in [6.45, 7) is 4.29. The maximum Gasteiger partial charge on any atom is 0.310 e. The van der Waals surface area contributed by atoms with Crippen molar-refractivity contribution in [1.82, 2.24) is 0 Å². The van der Waals surface area contributed by atoms with Crippen molar-refractivity contribution in [2.24, 2.45) is 0 Å². The highest BCUT2D eigenvalue weighted by Gasteiger charge is 2.13. The van der Waals surface area contributed by atoms with Crippen molar-refractivity contribution in [2.45, 2.75) is 58.5 Å². The summed E-state index contributed by atoms with van der Waals surface area (Å²) in [7, 11) is 0. The van der Waals surface area contributed by atoms with Gasteiger partial charge in [0, 0.05) is 0 Å². The molecule has 0 heterocycles. The van der Waals surface area contributed by atoms with E-state index in [1.807, 2.05) is 30.3 Å². The highest BCUT2D eigenvalue weighted by molar-refractivity contribution is 5.72. The summed E-state index contributed by atoms with van der Waals surface area (Å²) < 4.78 is 5.56. The first-order valence-electron chi connectivity index (χ1n) is 6.99. The van der Waals surface area contributed by atoms with E-state index in [0.29, 0.717) is 6.42 Å². The van der Waals surface area contributed by atoms with Gasteiger partial charge in [-0.1, -0.05) is 63.4 Å². The van der Waals surface area contributed by atoms with E-state index in [1.54, 1.807) is 0 Å². The van der Waals surface area contributed by atoms with Gasteiger partial charge < -0.3 is 4.74 Å². The Hall–Kier alpha value is -1.31. The SMILES string of the molecule is CCCCC(CCC)OC(=O)Cc1ccccc1. The third kappa shape index (κ3) is 5.85. The molecule has 0 spiro atoms. The standard InChI is InChI=1S/C16H24O2/c1-3-5-12-15(9-4-2)18-16(17)13-14-10-7-6-8-11-14/h6-8,10-11,15H,3-5,9,12-13H2,1-2H3. The fraction of sp³-hybridized carbons (Fsp3) is 0.562. The number of hydrogen-bond acceptors (Lipinski definition) is 2. The van der Waals surface area contributed by atoms with Crippen molar-refractivity contribution < 1.29 is 9.53 Å².